The van der Waals surface area contributed by atoms with E-state index in [0.717, 1.165) is 13.0 Å². The highest BCUT2D eigenvalue weighted by Crippen LogP contribution is 2.09. The topological polar surface area (TPSA) is 9.23 Å². The summed E-state index contributed by atoms with van der Waals surface area (Å²) in [6.07, 6.45) is 0.877. The molecule has 0 radical (unpaired) electrons. The second-order valence-corrected chi connectivity index (χ2v) is 6.65. The van der Waals surface area contributed by atoms with Gasteiger partial charge in [0.25, 0.3) is 0 Å². The van der Waals surface area contributed by atoms with Crippen molar-refractivity contribution in [3.05, 3.63) is 0 Å². The Bertz CT molecular complexity index is 169. The lowest BCUT2D eigenvalue weighted by molar-refractivity contribution is 0.336. The molecule has 0 aliphatic heterocycles. The van der Waals surface area contributed by atoms with Crippen LogP contribution in [0.25, 0.3) is 0 Å². The van der Waals surface area contributed by atoms with Gasteiger partial charge in [-0.2, -0.15) is 0 Å². The van der Waals surface area contributed by atoms with Gasteiger partial charge in [-0.1, -0.05) is 5.92 Å². The van der Waals surface area contributed by atoms with Gasteiger partial charge in [-0.25, -0.2) is 0 Å². The Balaban J connectivity index is 3.47. The molecule has 12 heavy (non-hydrogen) atoms. The van der Waals surface area contributed by atoms with Crippen LogP contribution in [0.2, 0.25) is 13.1 Å². The van der Waals surface area contributed by atoms with Gasteiger partial charge in [-0.15, -0.1) is 5.92 Å². The van der Waals surface area contributed by atoms with Crippen molar-refractivity contribution in [1.29, 1.82) is 0 Å². The monoisotopic (exact) mass is 184 g/mol. The van der Waals surface area contributed by atoms with Gasteiger partial charge in [0, 0.05) is 18.4 Å². The summed E-state index contributed by atoms with van der Waals surface area (Å²) < 4.78 is 5.49. The molecule has 0 aliphatic carbocycles. The van der Waals surface area contributed by atoms with E-state index in [1.54, 1.807) is 0 Å². The van der Waals surface area contributed by atoms with Crippen molar-refractivity contribution < 1.29 is 4.43 Å². The fourth-order valence-electron chi connectivity index (χ4n) is 0.673. The Hall–Kier alpha value is -0.263. The van der Waals surface area contributed by atoms with Gasteiger partial charge in [0.2, 0.25) is 0 Å². The molecule has 0 rings (SSSR count). The third-order valence-electron chi connectivity index (χ3n) is 1.14. The van der Waals surface area contributed by atoms with Gasteiger partial charge < -0.3 is 4.43 Å². The minimum absolute atomic E-state index is 0.134. The molecule has 0 heterocycles. The lowest BCUT2D eigenvalue weighted by atomic mass is 9.98. The van der Waals surface area contributed by atoms with Gasteiger partial charge in [0.15, 0.2) is 9.04 Å². The maximum Gasteiger partial charge on any atom is 0.170 e. The molecule has 0 bridgehead atoms. The number of hydrogen-bond donors (Lipinski definition) is 0. The standard InChI is InChI=1S/C10H20OSi/c1-10(2,3)8-6-7-9-11-12(4)5/h12H,7,9H2,1-5H3. The van der Waals surface area contributed by atoms with Crippen molar-refractivity contribution in [3.63, 3.8) is 0 Å². The van der Waals surface area contributed by atoms with Crippen LogP contribution < -0.4 is 0 Å². The van der Waals surface area contributed by atoms with E-state index in [-0.39, 0.29) is 5.41 Å². The van der Waals surface area contributed by atoms with E-state index >= 15 is 0 Å². The van der Waals surface area contributed by atoms with Crippen molar-refractivity contribution in [2.45, 2.75) is 40.3 Å². The highest BCUT2D eigenvalue weighted by atomic mass is 28.3. The normalized spacial score (nSPS) is 11.2. The molecule has 0 amide bonds. The molecule has 0 N–H and O–H groups in total. The van der Waals surface area contributed by atoms with Gasteiger partial charge in [-0.3, -0.25) is 0 Å². The molecule has 0 saturated heterocycles. The Labute approximate surface area is 78.2 Å². The molecule has 0 atom stereocenters. The zero-order chi connectivity index (χ0) is 9.61. The molecule has 2 heteroatoms. The summed E-state index contributed by atoms with van der Waals surface area (Å²) in [6, 6.07) is 0. The molecular weight excluding hydrogens is 164 g/mol. The maximum atomic E-state index is 5.49. The summed E-state index contributed by atoms with van der Waals surface area (Å²) in [6.45, 7) is 11.5. The smallest absolute Gasteiger partial charge is 0.170 e. The van der Waals surface area contributed by atoms with Gasteiger partial charge in [0.1, 0.15) is 0 Å². The lowest BCUT2D eigenvalue weighted by Gasteiger charge is -2.07. The average Bonchev–Trinajstić information content (AvgIpc) is 1.83. The summed E-state index contributed by atoms with van der Waals surface area (Å²) in [5, 5.41) is 0. The molecule has 1 nitrogen and oxygen atoms in total. The average molecular weight is 184 g/mol. The first-order valence-corrected chi connectivity index (χ1v) is 7.31. The summed E-state index contributed by atoms with van der Waals surface area (Å²) in [5.74, 6) is 6.31. The molecule has 70 valence electrons. The molecule has 0 aromatic heterocycles. The summed E-state index contributed by atoms with van der Waals surface area (Å²) in [5.41, 5.74) is 0.134. The van der Waals surface area contributed by atoms with Crippen molar-refractivity contribution in [2.24, 2.45) is 5.41 Å². The number of rotatable bonds is 3. The van der Waals surface area contributed by atoms with Crippen LogP contribution in [0.5, 0.6) is 0 Å². The maximum absolute atomic E-state index is 5.49. The van der Waals surface area contributed by atoms with E-state index in [1.807, 2.05) is 0 Å². The third kappa shape index (κ3) is 9.74. The molecular formula is C10H20OSi. The lowest BCUT2D eigenvalue weighted by Crippen LogP contribution is -2.08. The van der Waals surface area contributed by atoms with E-state index in [0.29, 0.717) is 0 Å². The second kappa shape index (κ2) is 5.39. The van der Waals surface area contributed by atoms with E-state index in [2.05, 4.69) is 45.7 Å². The quantitative estimate of drug-likeness (QED) is 0.372. The van der Waals surface area contributed by atoms with E-state index in [1.165, 1.54) is 0 Å². The van der Waals surface area contributed by atoms with Crippen LogP contribution in [-0.4, -0.2) is 15.6 Å². The van der Waals surface area contributed by atoms with Crippen LogP contribution in [0.4, 0.5) is 0 Å². The highest BCUT2D eigenvalue weighted by molar-refractivity contribution is 6.48. The SMILES string of the molecule is C[SiH](C)OCCC#CC(C)(C)C. The van der Waals surface area contributed by atoms with Crippen LogP contribution >= 0.6 is 0 Å². The minimum atomic E-state index is -0.823. The molecule has 0 saturated carbocycles. The van der Waals surface area contributed by atoms with Crippen molar-refractivity contribution in [3.8, 4) is 11.8 Å². The third-order valence-corrected chi connectivity index (χ3v) is 2.04. The minimum Gasteiger partial charge on any atom is -0.420 e. The summed E-state index contributed by atoms with van der Waals surface area (Å²) in [7, 11) is -0.823. The zero-order valence-electron chi connectivity index (χ0n) is 8.90. The number of hydrogen-bond acceptors (Lipinski definition) is 1. The molecule has 0 fully saturated rings. The Morgan fingerprint density at radius 1 is 1.25 bits per heavy atom. The zero-order valence-corrected chi connectivity index (χ0v) is 10.1. The second-order valence-electron chi connectivity index (χ2n) is 4.22. The van der Waals surface area contributed by atoms with Crippen LogP contribution in [0.15, 0.2) is 0 Å². The molecule has 0 aromatic rings. The van der Waals surface area contributed by atoms with Crippen LogP contribution in [0.1, 0.15) is 27.2 Å². The Morgan fingerprint density at radius 2 is 1.83 bits per heavy atom. The molecule has 0 aliphatic rings. The van der Waals surface area contributed by atoms with Crippen molar-refractivity contribution in [2.75, 3.05) is 6.61 Å². The first-order valence-electron chi connectivity index (χ1n) is 4.53. The van der Waals surface area contributed by atoms with Gasteiger partial charge in [0.05, 0.1) is 0 Å². The van der Waals surface area contributed by atoms with E-state index < -0.39 is 9.04 Å². The fourth-order valence-corrected chi connectivity index (χ4v) is 1.26. The molecule has 0 unspecified atom stereocenters. The summed E-state index contributed by atoms with van der Waals surface area (Å²) in [4.78, 5) is 0. The summed E-state index contributed by atoms with van der Waals surface area (Å²) >= 11 is 0. The van der Waals surface area contributed by atoms with Gasteiger partial charge >= 0.3 is 0 Å². The van der Waals surface area contributed by atoms with Crippen LogP contribution in [0, 0.1) is 17.3 Å². The van der Waals surface area contributed by atoms with Crippen molar-refractivity contribution in [1.82, 2.24) is 0 Å². The highest BCUT2D eigenvalue weighted by Gasteiger charge is 2.02. The largest absolute Gasteiger partial charge is 0.420 e. The Morgan fingerprint density at radius 3 is 2.25 bits per heavy atom. The molecule has 0 aromatic carbocycles. The fraction of sp³-hybridized carbons (Fsp3) is 0.800. The van der Waals surface area contributed by atoms with Crippen LogP contribution in [0.3, 0.4) is 0 Å². The Kier molecular flexibility index (Phi) is 5.28. The van der Waals surface area contributed by atoms with E-state index in [4.69, 9.17) is 4.43 Å². The van der Waals surface area contributed by atoms with Crippen molar-refractivity contribution >= 4 is 9.04 Å². The molecule has 0 spiro atoms. The predicted molar refractivity (Wildman–Crippen MR) is 56.7 cm³/mol. The van der Waals surface area contributed by atoms with E-state index in [9.17, 15) is 0 Å². The first-order chi connectivity index (χ1) is 5.42. The van der Waals surface area contributed by atoms with Gasteiger partial charge in [-0.05, 0) is 33.9 Å². The van der Waals surface area contributed by atoms with Crippen LogP contribution in [-0.2, 0) is 4.43 Å². The predicted octanol–water partition coefficient (Wildman–Crippen LogP) is 2.43. The first kappa shape index (κ1) is 11.7.